The van der Waals surface area contributed by atoms with E-state index in [0.29, 0.717) is 23.9 Å². The second-order valence-electron chi connectivity index (χ2n) is 8.83. The van der Waals surface area contributed by atoms with Gasteiger partial charge in [-0.05, 0) is 56.7 Å². The lowest BCUT2D eigenvalue weighted by molar-refractivity contribution is -0.125. The molecular formula is C25H31N3O3. The van der Waals surface area contributed by atoms with Crippen molar-refractivity contribution in [3.8, 4) is 5.88 Å². The maximum Gasteiger partial charge on any atom is 0.254 e. The highest BCUT2D eigenvalue weighted by atomic mass is 16.5. The van der Waals surface area contributed by atoms with Crippen LogP contribution in [0, 0.1) is 5.92 Å². The van der Waals surface area contributed by atoms with Crippen LogP contribution in [0.15, 0.2) is 48.7 Å². The molecule has 3 atom stereocenters. The lowest BCUT2D eigenvalue weighted by atomic mass is 9.84. The van der Waals surface area contributed by atoms with Crippen LogP contribution in [0.3, 0.4) is 0 Å². The van der Waals surface area contributed by atoms with E-state index in [2.05, 4.69) is 10.3 Å². The standard InChI is InChI=1S/C25H31N3O3/c1-17(2)31-23-13-12-18(15-26-23)16-27-24(29)22-14-20-10-6-7-11-21(20)28(22)25(30)19-8-4-3-5-9-19/h3-5,8-9,12-13,15,17,20-22H,6-7,10-11,14,16H2,1-2H3,(H,27,29). The maximum absolute atomic E-state index is 13.3. The number of nitrogens with zero attached hydrogens (tertiary/aromatic N) is 2. The minimum absolute atomic E-state index is 0.0352. The molecule has 3 unspecified atom stereocenters. The van der Waals surface area contributed by atoms with Gasteiger partial charge in [-0.2, -0.15) is 0 Å². The number of hydrogen-bond acceptors (Lipinski definition) is 4. The van der Waals surface area contributed by atoms with E-state index in [4.69, 9.17) is 4.74 Å². The van der Waals surface area contributed by atoms with Crippen molar-refractivity contribution in [1.29, 1.82) is 0 Å². The molecule has 0 bridgehead atoms. The van der Waals surface area contributed by atoms with Crippen molar-refractivity contribution < 1.29 is 14.3 Å². The van der Waals surface area contributed by atoms with Crippen molar-refractivity contribution in [3.63, 3.8) is 0 Å². The average molecular weight is 422 g/mol. The number of fused-ring (bicyclic) bond motifs is 1. The Kier molecular flexibility index (Phi) is 6.54. The Balaban J connectivity index is 1.45. The van der Waals surface area contributed by atoms with Gasteiger partial charge in [0, 0.05) is 30.4 Å². The molecule has 0 spiro atoms. The Hall–Kier alpha value is -2.89. The number of hydrogen-bond donors (Lipinski definition) is 1. The predicted octanol–water partition coefficient (Wildman–Crippen LogP) is 3.96. The monoisotopic (exact) mass is 421 g/mol. The summed E-state index contributed by atoms with van der Waals surface area (Å²) in [5, 5.41) is 3.03. The second-order valence-corrected chi connectivity index (χ2v) is 8.83. The fraction of sp³-hybridized carbons (Fsp3) is 0.480. The zero-order valence-corrected chi connectivity index (χ0v) is 18.3. The molecule has 1 saturated heterocycles. The van der Waals surface area contributed by atoms with Crippen LogP contribution >= 0.6 is 0 Å². The van der Waals surface area contributed by atoms with Crippen molar-refractivity contribution >= 4 is 11.8 Å². The molecule has 2 fully saturated rings. The summed E-state index contributed by atoms with van der Waals surface area (Å²) in [6, 6.07) is 12.8. The SMILES string of the molecule is CC(C)Oc1ccc(CNC(=O)C2CC3CCCCC3N2C(=O)c2ccccc2)cn1. The first-order valence-electron chi connectivity index (χ1n) is 11.3. The molecule has 2 aromatic rings. The van der Waals surface area contributed by atoms with Gasteiger partial charge in [0.2, 0.25) is 11.8 Å². The molecule has 6 heteroatoms. The van der Waals surface area contributed by atoms with E-state index in [1.165, 1.54) is 6.42 Å². The molecule has 2 aliphatic rings. The van der Waals surface area contributed by atoms with Crippen LogP contribution in [-0.4, -0.2) is 39.9 Å². The van der Waals surface area contributed by atoms with Crippen molar-refractivity contribution in [2.24, 2.45) is 5.92 Å². The first-order chi connectivity index (χ1) is 15.0. The third kappa shape index (κ3) is 4.89. The summed E-state index contributed by atoms with van der Waals surface area (Å²) >= 11 is 0. The van der Waals surface area contributed by atoms with Gasteiger partial charge in [-0.15, -0.1) is 0 Å². The number of amides is 2. The highest BCUT2D eigenvalue weighted by Gasteiger charge is 2.47. The molecule has 6 nitrogen and oxygen atoms in total. The number of nitrogens with one attached hydrogen (secondary N) is 1. The Bertz CT molecular complexity index is 898. The summed E-state index contributed by atoms with van der Waals surface area (Å²) in [7, 11) is 0. The molecule has 1 N–H and O–H groups in total. The second kappa shape index (κ2) is 9.50. The van der Waals surface area contributed by atoms with E-state index in [9.17, 15) is 9.59 Å². The number of likely N-dealkylation sites (tertiary alicyclic amines) is 1. The molecule has 2 amide bonds. The summed E-state index contributed by atoms with van der Waals surface area (Å²) in [4.78, 5) is 32.7. The normalized spacial score (nSPS) is 22.8. The van der Waals surface area contributed by atoms with Gasteiger partial charge in [-0.3, -0.25) is 9.59 Å². The van der Waals surface area contributed by atoms with Crippen LogP contribution in [0.25, 0.3) is 0 Å². The largest absolute Gasteiger partial charge is 0.475 e. The third-order valence-electron chi connectivity index (χ3n) is 6.27. The molecular weight excluding hydrogens is 390 g/mol. The average Bonchev–Trinajstić information content (AvgIpc) is 3.18. The number of benzene rings is 1. The van der Waals surface area contributed by atoms with E-state index in [1.807, 2.05) is 61.2 Å². The summed E-state index contributed by atoms with van der Waals surface area (Å²) < 4.78 is 5.57. The molecule has 0 radical (unpaired) electrons. The number of carbonyl (C=O) groups excluding carboxylic acids is 2. The van der Waals surface area contributed by atoms with E-state index in [-0.39, 0.29) is 24.0 Å². The van der Waals surface area contributed by atoms with Gasteiger partial charge in [-0.1, -0.05) is 37.1 Å². The summed E-state index contributed by atoms with van der Waals surface area (Å²) in [5.74, 6) is 0.865. The van der Waals surface area contributed by atoms with Crippen molar-refractivity contribution in [2.75, 3.05) is 0 Å². The summed E-state index contributed by atoms with van der Waals surface area (Å²) in [5.41, 5.74) is 1.55. The smallest absolute Gasteiger partial charge is 0.254 e. The van der Waals surface area contributed by atoms with Gasteiger partial charge in [0.25, 0.3) is 5.91 Å². The molecule has 2 heterocycles. The van der Waals surface area contributed by atoms with Gasteiger partial charge in [0.1, 0.15) is 6.04 Å². The number of ether oxygens (including phenoxy) is 1. The Morgan fingerprint density at radius 2 is 1.90 bits per heavy atom. The van der Waals surface area contributed by atoms with E-state index in [1.54, 1.807) is 6.20 Å². The minimum Gasteiger partial charge on any atom is -0.475 e. The molecule has 1 aromatic carbocycles. The highest BCUT2D eigenvalue weighted by Crippen LogP contribution is 2.40. The van der Waals surface area contributed by atoms with Crippen LogP contribution in [-0.2, 0) is 11.3 Å². The maximum atomic E-state index is 13.3. The number of aromatic nitrogens is 1. The summed E-state index contributed by atoms with van der Waals surface area (Å²) in [6.45, 7) is 4.29. The first kappa shape index (κ1) is 21.3. The van der Waals surface area contributed by atoms with Crippen molar-refractivity contribution in [2.45, 2.75) is 70.7 Å². The number of carbonyl (C=O) groups is 2. The first-order valence-corrected chi connectivity index (χ1v) is 11.3. The van der Waals surface area contributed by atoms with E-state index < -0.39 is 6.04 Å². The summed E-state index contributed by atoms with van der Waals surface area (Å²) in [6.07, 6.45) is 6.90. The quantitative estimate of drug-likeness (QED) is 0.766. The number of pyridine rings is 1. The minimum atomic E-state index is -0.419. The van der Waals surface area contributed by atoms with Crippen LogP contribution in [0.4, 0.5) is 0 Å². The Morgan fingerprint density at radius 3 is 2.61 bits per heavy atom. The Morgan fingerprint density at radius 1 is 1.13 bits per heavy atom. The van der Waals surface area contributed by atoms with E-state index in [0.717, 1.165) is 31.2 Å². The zero-order valence-electron chi connectivity index (χ0n) is 18.3. The highest BCUT2D eigenvalue weighted by molar-refractivity contribution is 5.98. The lowest BCUT2D eigenvalue weighted by Crippen LogP contribution is -2.49. The Labute approximate surface area is 184 Å². The molecule has 1 aromatic heterocycles. The van der Waals surface area contributed by atoms with E-state index >= 15 is 0 Å². The fourth-order valence-corrected chi connectivity index (χ4v) is 4.85. The van der Waals surface area contributed by atoms with Crippen LogP contribution in [0.5, 0.6) is 5.88 Å². The number of rotatable bonds is 6. The van der Waals surface area contributed by atoms with Crippen LogP contribution < -0.4 is 10.1 Å². The zero-order chi connectivity index (χ0) is 21.8. The molecule has 31 heavy (non-hydrogen) atoms. The topological polar surface area (TPSA) is 71.5 Å². The molecule has 1 aliphatic carbocycles. The van der Waals surface area contributed by atoms with Gasteiger partial charge < -0.3 is 15.0 Å². The van der Waals surface area contributed by atoms with Crippen LogP contribution in [0.1, 0.15) is 61.9 Å². The molecule has 1 saturated carbocycles. The molecule has 1 aliphatic heterocycles. The fourth-order valence-electron chi connectivity index (χ4n) is 4.85. The third-order valence-corrected chi connectivity index (χ3v) is 6.27. The lowest BCUT2D eigenvalue weighted by Gasteiger charge is -2.33. The van der Waals surface area contributed by atoms with Gasteiger partial charge >= 0.3 is 0 Å². The molecule has 164 valence electrons. The molecule has 4 rings (SSSR count). The van der Waals surface area contributed by atoms with Crippen molar-refractivity contribution in [3.05, 3.63) is 59.8 Å². The van der Waals surface area contributed by atoms with Crippen molar-refractivity contribution in [1.82, 2.24) is 15.2 Å². The van der Waals surface area contributed by atoms with Gasteiger partial charge in [0.05, 0.1) is 6.10 Å². The predicted molar refractivity (Wildman–Crippen MR) is 119 cm³/mol. The van der Waals surface area contributed by atoms with Gasteiger partial charge in [-0.25, -0.2) is 4.98 Å². The van der Waals surface area contributed by atoms with Gasteiger partial charge in [0.15, 0.2) is 0 Å². The van der Waals surface area contributed by atoms with Crippen LogP contribution in [0.2, 0.25) is 0 Å².